The molecule has 0 radical (unpaired) electrons. The van der Waals surface area contributed by atoms with Gasteiger partial charge in [-0.15, -0.1) is 0 Å². The van der Waals surface area contributed by atoms with Gasteiger partial charge in [-0.2, -0.15) is 0 Å². The Kier molecular flexibility index (Phi) is 3.48. The zero-order valence-corrected chi connectivity index (χ0v) is 9.39. The van der Waals surface area contributed by atoms with Gasteiger partial charge in [0.05, 0.1) is 11.0 Å². The zero-order valence-electron chi connectivity index (χ0n) is 9.39. The van der Waals surface area contributed by atoms with Gasteiger partial charge in [0.2, 0.25) is 0 Å². The summed E-state index contributed by atoms with van der Waals surface area (Å²) in [6.07, 6.45) is 0.762. The monoisotopic (exact) mass is 241 g/mol. The number of aromatic nitrogens is 2. The molecule has 1 saturated heterocycles. The summed E-state index contributed by atoms with van der Waals surface area (Å²) < 4.78 is 12.9. The third-order valence-electron chi connectivity index (χ3n) is 2.54. The number of nitrogens with zero attached hydrogens (tertiary/aromatic N) is 2. The number of halogens is 1. The fourth-order valence-corrected chi connectivity index (χ4v) is 1.70. The van der Waals surface area contributed by atoms with Crippen LogP contribution in [0.2, 0.25) is 0 Å². The summed E-state index contributed by atoms with van der Waals surface area (Å²) in [5.74, 6) is 0.119. The second-order valence-corrected chi connectivity index (χ2v) is 3.75. The number of amides is 1. The average molecular weight is 241 g/mol. The Morgan fingerprint density at radius 1 is 1.76 bits per heavy atom. The van der Waals surface area contributed by atoms with Gasteiger partial charge in [0.25, 0.3) is 0 Å². The molecule has 7 heteroatoms. The molecular formula is C10H14FN4O2+. The molecule has 1 aromatic rings. The van der Waals surface area contributed by atoms with Crippen LogP contribution >= 0.6 is 0 Å². The minimum atomic E-state index is -0.964. The third-order valence-corrected chi connectivity index (χ3v) is 2.54. The Bertz CT molecular complexity index is 415. The summed E-state index contributed by atoms with van der Waals surface area (Å²) in [6.45, 7) is 0.218. The molecule has 92 valence electrons. The molecule has 6 nitrogen and oxygen atoms in total. The zero-order chi connectivity index (χ0) is 12.3. The SMILES string of the molecule is CO[n+]1ncccc1NC(=O)C1CC(F)CN1. The quantitative estimate of drug-likeness (QED) is 0.671. The molecule has 0 saturated carbocycles. The van der Waals surface area contributed by atoms with E-state index < -0.39 is 12.2 Å². The summed E-state index contributed by atoms with van der Waals surface area (Å²) in [6, 6.07) is 2.82. The maximum atomic E-state index is 12.9. The minimum absolute atomic E-state index is 0.194. The summed E-state index contributed by atoms with van der Waals surface area (Å²) in [5.41, 5.74) is 0. The Labute approximate surface area is 97.7 Å². The lowest BCUT2D eigenvalue weighted by Gasteiger charge is -2.06. The van der Waals surface area contributed by atoms with E-state index in [1.165, 1.54) is 18.2 Å². The average Bonchev–Trinajstić information content (AvgIpc) is 2.77. The highest BCUT2D eigenvalue weighted by Gasteiger charge is 2.32. The van der Waals surface area contributed by atoms with Crippen molar-refractivity contribution >= 4 is 11.7 Å². The first-order valence-corrected chi connectivity index (χ1v) is 5.31. The second-order valence-electron chi connectivity index (χ2n) is 3.75. The molecule has 0 aliphatic carbocycles. The smallest absolute Gasteiger partial charge is 0.318 e. The fourth-order valence-electron chi connectivity index (χ4n) is 1.70. The van der Waals surface area contributed by atoms with Gasteiger partial charge in [-0.1, -0.05) is 0 Å². The van der Waals surface area contributed by atoms with E-state index in [4.69, 9.17) is 4.84 Å². The first-order chi connectivity index (χ1) is 8.20. The fraction of sp³-hybridized carbons (Fsp3) is 0.500. The molecule has 2 rings (SSSR count). The number of carbonyl (C=O) groups is 1. The van der Waals surface area contributed by atoms with Gasteiger partial charge < -0.3 is 10.2 Å². The predicted octanol–water partition coefficient (Wildman–Crippen LogP) is -0.934. The van der Waals surface area contributed by atoms with Crippen LogP contribution in [-0.4, -0.2) is 36.9 Å². The van der Waals surface area contributed by atoms with Gasteiger partial charge in [0.1, 0.15) is 19.3 Å². The summed E-state index contributed by atoms with van der Waals surface area (Å²) in [4.78, 5) is 17.9. The van der Waals surface area contributed by atoms with Crippen LogP contribution in [0.1, 0.15) is 6.42 Å². The van der Waals surface area contributed by atoms with Crippen molar-refractivity contribution in [3.8, 4) is 0 Å². The van der Waals surface area contributed by atoms with Crippen molar-refractivity contribution in [1.29, 1.82) is 0 Å². The molecule has 1 aromatic heterocycles. The lowest BCUT2D eigenvalue weighted by atomic mass is 10.2. The Morgan fingerprint density at radius 2 is 2.59 bits per heavy atom. The number of anilines is 1. The molecule has 1 aliphatic heterocycles. The topological polar surface area (TPSA) is 67.1 Å². The summed E-state index contributed by atoms with van der Waals surface area (Å²) in [7, 11) is 1.44. The van der Waals surface area contributed by atoms with E-state index in [9.17, 15) is 9.18 Å². The number of carbonyl (C=O) groups excluding carboxylic acids is 1. The van der Waals surface area contributed by atoms with Crippen molar-refractivity contribution in [3.05, 3.63) is 18.3 Å². The number of nitrogens with one attached hydrogen (secondary N) is 2. The number of hydrogen-bond acceptors (Lipinski definition) is 4. The standard InChI is InChI=1S/C10H13FN4O2/c1-17-15-9(3-2-4-13-15)14-10(16)8-5-7(11)6-12-8/h2-4,7-8,12H,5-6H2,1H3/p+1. The van der Waals surface area contributed by atoms with Gasteiger partial charge in [-0.05, 0) is 11.2 Å². The summed E-state index contributed by atoms with van der Waals surface area (Å²) >= 11 is 0. The van der Waals surface area contributed by atoms with Crippen molar-refractivity contribution in [2.45, 2.75) is 18.6 Å². The van der Waals surface area contributed by atoms with Crippen LogP contribution in [0.4, 0.5) is 10.2 Å². The van der Waals surface area contributed by atoms with Crippen LogP contribution in [0.25, 0.3) is 0 Å². The number of rotatable bonds is 3. The minimum Gasteiger partial charge on any atom is -0.318 e. The molecule has 2 heterocycles. The van der Waals surface area contributed by atoms with E-state index in [-0.39, 0.29) is 18.9 Å². The first-order valence-electron chi connectivity index (χ1n) is 5.31. The molecule has 2 N–H and O–H groups in total. The highest BCUT2D eigenvalue weighted by Crippen LogP contribution is 2.11. The van der Waals surface area contributed by atoms with E-state index in [1.807, 2.05) is 0 Å². The van der Waals surface area contributed by atoms with Crippen molar-refractivity contribution in [1.82, 2.24) is 10.4 Å². The van der Waals surface area contributed by atoms with Crippen molar-refractivity contribution in [3.63, 3.8) is 0 Å². The third kappa shape index (κ3) is 2.68. The van der Waals surface area contributed by atoms with Gasteiger partial charge in [0.15, 0.2) is 0 Å². The number of alkyl halides is 1. The Hall–Kier alpha value is -1.76. The first kappa shape index (κ1) is 11.7. The van der Waals surface area contributed by atoms with Crippen molar-refractivity contribution in [2.24, 2.45) is 0 Å². The molecule has 1 fully saturated rings. The van der Waals surface area contributed by atoms with Gasteiger partial charge in [-0.3, -0.25) is 0 Å². The molecule has 2 unspecified atom stereocenters. The molecule has 0 bridgehead atoms. The number of hydrogen-bond donors (Lipinski definition) is 2. The highest BCUT2D eigenvalue weighted by molar-refractivity contribution is 5.93. The molecule has 2 atom stereocenters. The maximum Gasteiger partial charge on any atom is 0.346 e. The predicted molar refractivity (Wildman–Crippen MR) is 56.9 cm³/mol. The van der Waals surface area contributed by atoms with Crippen LogP contribution in [0, 0.1) is 0 Å². The van der Waals surface area contributed by atoms with Gasteiger partial charge >= 0.3 is 11.7 Å². The second kappa shape index (κ2) is 5.05. The van der Waals surface area contributed by atoms with Crippen molar-refractivity contribution < 1.29 is 18.9 Å². The van der Waals surface area contributed by atoms with E-state index in [1.54, 1.807) is 12.1 Å². The normalized spacial score (nSPS) is 23.4. The van der Waals surface area contributed by atoms with Gasteiger partial charge in [-0.25, -0.2) is 14.5 Å². The van der Waals surface area contributed by atoms with Crippen LogP contribution in [0.15, 0.2) is 18.3 Å². The molecule has 0 spiro atoms. The molecule has 17 heavy (non-hydrogen) atoms. The van der Waals surface area contributed by atoms with Crippen LogP contribution in [0.3, 0.4) is 0 Å². The molecule has 0 aromatic carbocycles. The van der Waals surface area contributed by atoms with E-state index in [0.717, 1.165) is 0 Å². The van der Waals surface area contributed by atoms with Crippen molar-refractivity contribution in [2.75, 3.05) is 19.0 Å². The highest BCUT2D eigenvalue weighted by atomic mass is 19.1. The van der Waals surface area contributed by atoms with E-state index >= 15 is 0 Å². The van der Waals surface area contributed by atoms with Crippen LogP contribution in [-0.2, 0) is 4.79 Å². The molecular weight excluding hydrogens is 227 g/mol. The Balaban J connectivity index is 2.03. The van der Waals surface area contributed by atoms with E-state index in [0.29, 0.717) is 5.82 Å². The summed E-state index contributed by atoms with van der Waals surface area (Å²) in [5, 5.41) is 9.31. The van der Waals surface area contributed by atoms with Crippen LogP contribution < -0.4 is 20.3 Å². The van der Waals surface area contributed by atoms with Gasteiger partial charge in [0, 0.05) is 19.0 Å². The lowest BCUT2D eigenvalue weighted by molar-refractivity contribution is -0.918. The molecule has 1 aliphatic rings. The lowest BCUT2D eigenvalue weighted by Crippen LogP contribution is -2.48. The Morgan fingerprint density at radius 3 is 3.24 bits per heavy atom. The van der Waals surface area contributed by atoms with Crippen LogP contribution in [0.5, 0.6) is 0 Å². The maximum absolute atomic E-state index is 12.9. The largest absolute Gasteiger partial charge is 0.346 e. The molecule has 1 amide bonds. The van der Waals surface area contributed by atoms with E-state index in [2.05, 4.69) is 15.7 Å².